The minimum absolute atomic E-state index is 0.250. The number of hydrogen-bond acceptors (Lipinski definition) is 1. The predicted octanol–water partition coefficient (Wildman–Crippen LogP) is 4.18. The van der Waals surface area contributed by atoms with E-state index in [1.165, 1.54) is 6.20 Å². The molecule has 0 aliphatic rings. The van der Waals surface area contributed by atoms with Crippen molar-refractivity contribution in [2.75, 3.05) is 0 Å². The Bertz CT molecular complexity index is 358. The van der Waals surface area contributed by atoms with E-state index in [2.05, 4.69) is 4.98 Å². The van der Waals surface area contributed by atoms with Crippen LogP contribution in [0.1, 0.15) is 49.9 Å². The molecule has 0 N–H and O–H groups in total. The summed E-state index contributed by atoms with van der Waals surface area (Å²) in [6.45, 7) is 5.71. The molecule has 16 heavy (non-hydrogen) atoms. The predicted molar refractivity (Wildman–Crippen MR) is 57.3 cm³/mol. The fourth-order valence-corrected chi connectivity index (χ4v) is 1.56. The van der Waals surface area contributed by atoms with Crippen molar-refractivity contribution < 1.29 is 13.2 Å². The lowest BCUT2D eigenvalue weighted by molar-refractivity contribution is -0.141. The highest BCUT2D eigenvalue weighted by Gasteiger charge is 2.34. The van der Waals surface area contributed by atoms with Crippen molar-refractivity contribution in [2.24, 2.45) is 0 Å². The second-order valence-corrected chi connectivity index (χ2v) is 3.94. The summed E-state index contributed by atoms with van der Waals surface area (Å²) in [6.07, 6.45) is -1.75. The smallest absolute Gasteiger partial charge is 0.251 e. The molecule has 1 heterocycles. The Morgan fingerprint density at radius 2 is 1.94 bits per heavy atom. The summed E-state index contributed by atoms with van der Waals surface area (Å²) < 4.78 is 37.8. The van der Waals surface area contributed by atoms with Crippen LogP contribution in [0.2, 0.25) is 0 Å². The van der Waals surface area contributed by atoms with E-state index in [-0.39, 0.29) is 11.5 Å². The molecule has 4 heteroatoms. The van der Waals surface area contributed by atoms with Gasteiger partial charge in [-0.15, -0.1) is 0 Å². The van der Waals surface area contributed by atoms with Crippen molar-refractivity contribution in [3.8, 4) is 0 Å². The summed E-state index contributed by atoms with van der Waals surface area (Å²) in [6, 6.07) is 1.63. The van der Waals surface area contributed by atoms with Crippen LogP contribution in [0.15, 0.2) is 12.3 Å². The Morgan fingerprint density at radius 3 is 2.38 bits per heavy atom. The van der Waals surface area contributed by atoms with Gasteiger partial charge in [0.2, 0.25) is 0 Å². The number of nitrogens with zero attached hydrogens (tertiary/aromatic N) is 1. The zero-order chi connectivity index (χ0) is 12.3. The van der Waals surface area contributed by atoms with E-state index in [0.717, 1.165) is 12.0 Å². The molecule has 1 nitrogen and oxygen atoms in total. The molecular weight excluding hydrogens is 215 g/mol. The standard InChI is InChI=1S/C12H16F3N/c1-4-8(3)10-6-9(5-2)11(16-7-10)12(13,14)15/h6-8H,4-5H2,1-3H3. The van der Waals surface area contributed by atoms with Gasteiger partial charge in [-0.05, 0) is 29.9 Å². The maximum absolute atomic E-state index is 12.6. The zero-order valence-electron chi connectivity index (χ0n) is 9.73. The third-order valence-electron chi connectivity index (χ3n) is 2.82. The van der Waals surface area contributed by atoms with Crippen LogP contribution in [-0.4, -0.2) is 4.98 Å². The minimum Gasteiger partial charge on any atom is -0.251 e. The monoisotopic (exact) mass is 231 g/mol. The Kier molecular flexibility index (Phi) is 3.94. The molecule has 0 aromatic carbocycles. The van der Waals surface area contributed by atoms with Crippen molar-refractivity contribution in [2.45, 2.75) is 45.7 Å². The maximum Gasteiger partial charge on any atom is 0.433 e. The fourth-order valence-electron chi connectivity index (χ4n) is 1.56. The lowest BCUT2D eigenvalue weighted by Gasteiger charge is -2.14. The molecule has 1 rings (SSSR count). The van der Waals surface area contributed by atoms with Gasteiger partial charge in [0.15, 0.2) is 0 Å². The van der Waals surface area contributed by atoms with E-state index in [1.807, 2.05) is 13.8 Å². The second kappa shape index (κ2) is 4.85. The third kappa shape index (κ3) is 2.74. The van der Waals surface area contributed by atoms with Gasteiger partial charge in [0.05, 0.1) is 0 Å². The number of hydrogen-bond donors (Lipinski definition) is 0. The SMILES string of the molecule is CCc1cc(C(C)CC)cnc1C(F)(F)F. The number of rotatable bonds is 3. The molecule has 1 atom stereocenters. The summed E-state index contributed by atoms with van der Waals surface area (Å²) in [4.78, 5) is 3.56. The first-order chi connectivity index (χ1) is 7.40. The van der Waals surface area contributed by atoms with Crippen LogP contribution in [-0.2, 0) is 12.6 Å². The van der Waals surface area contributed by atoms with Crippen LogP contribution in [0.25, 0.3) is 0 Å². The average Bonchev–Trinajstić information content (AvgIpc) is 2.25. The molecule has 0 saturated carbocycles. The number of pyridine rings is 1. The van der Waals surface area contributed by atoms with Crippen LogP contribution < -0.4 is 0 Å². The van der Waals surface area contributed by atoms with E-state index in [0.29, 0.717) is 6.42 Å². The number of halogens is 3. The number of alkyl halides is 3. The van der Waals surface area contributed by atoms with Crippen LogP contribution in [0.4, 0.5) is 13.2 Å². The van der Waals surface area contributed by atoms with Crippen molar-refractivity contribution >= 4 is 0 Å². The van der Waals surface area contributed by atoms with E-state index in [9.17, 15) is 13.2 Å². The van der Waals surface area contributed by atoms with E-state index < -0.39 is 11.9 Å². The summed E-state index contributed by atoms with van der Waals surface area (Å²) in [5.74, 6) is 0.250. The Hall–Kier alpha value is -1.06. The number of aryl methyl sites for hydroxylation is 1. The van der Waals surface area contributed by atoms with Crippen LogP contribution >= 0.6 is 0 Å². The summed E-state index contributed by atoms with van der Waals surface area (Å²) in [5, 5.41) is 0. The van der Waals surface area contributed by atoms with Gasteiger partial charge >= 0.3 is 6.18 Å². The van der Waals surface area contributed by atoms with Gasteiger partial charge in [-0.25, -0.2) is 0 Å². The van der Waals surface area contributed by atoms with Crippen molar-refractivity contribution in [3.05, 3.63) is 29.1 Å². The van der Waals surface area contributed by atoms with Gasteiger partial charge in [-0.1, -0.05) is 26.8 Å². The van der Waals surface area contributed by atoms with Gasteiger partial charge in [0.25, 0.3) is 0 Å². The molecule has 1 unspecified atom stereocenters. The molecule has 0 radical (unpaired) electrons. The quantitative estimate of drug-likeness (QED) is 0.760. The Balaban J connectivity index is 3.17. The minimum atomic E-state index is -4.35. The van der Waals surface area contributed by atoms with Gasteiger partial charge in [-0.2, -0.15) is 13.2 Å². The van der Waals surface area contributed by atoms with Crippen LogP contribution in [0.5, 0.6) is 0 Å². The molecule has 0 saturated heterocycles. The number of aromatic nitrogens is 1. The van der Waals surface area contributed by atoms with Crippen molar-refractivity contribution in [3.63, 3.8) is 0 Å². The molecule has 90 valence electrons. The normalized spacial score (nSPS) is 13.9. The highest BCUT2D eigenvalue weighted by Crippen LogP contribution is 2.32. The molecule has 0 fully saturated rings. The zero-order valence-corrected chi connectivity index (χ0v) is 9.73. The average molecular weight is 231 g/mol. The van der Waals surface area contributed by atoms with Crippen LogP contribution in [0, 0.1) is 0 Å². The molecule has 1 aromatic rings. The highest BCUT2D eigenvalue weighted by molar-refractivity contribution is 5.29. The van der Waals surface area contributed by atoms with Gasteiger partial charge in [0, 0.05) is 6.20 Å². The first kappa shape index (κ1) is 13.0. The van der Waals surface area contributed by atoms with E-state index in [1.54, 1.807) is 13.0 Å². The molecule has 1 aromatic heterocycles. The third-order valence-corrected chi connectivity index (χ3v) is 2.82. The first-order valence-electron chi connectivity index (χ1n) is 5.46. The molecule has 0 amide bonds. The highest BCUT2D eigenvalue weighted by atomic mass is 19.4. The summed E-state index contributed by atoms with van der Waals surface area (Å²) >= 11 is 0. The van der Waals surface area contributed by atoms with E-state index >= 15 is 0 Å². The molecule has 0 spiro atoms. The Labute approximate surface area is 93.7 Å². The van der Waals surface area contributed by atoms with Gasteiger partial charge in [0.1, 0.15) is 5.69 Å². The molecule has 0 aliphatic carbocycles. The van der Waals surface area contributed by atoms with Crippen LogP contribution in [0.3, 0.4) is 0 Å². The first-order valence-corrected chi connectivity index (χ1v) is 5.46. The van der Waals surface area contributed by atoms with Gasteiger partial charge in [-0.3, -0.25) is 4.98 Å². The Morgan fingerprint density at radius 1 is 1.31 bits per heavy atom. The fraction of sp³-hybridized carbons (Fsp3) is 0.583. The molecule has 0 bridgehead atoms. The van der Waals surface area contributed by atoms with Crippen molar-refractivity contribution in [1.82, 2.24) is 4.98 Å². The van der Waals surface area contributed by atoms with Gasteiger partial charge < -0.3 is 0 Å². The molecular formula is C12H16F3N. The molecule has 0 aliphatic heterocycles. The summed E-state index contributed by atoms with van der Waals surface area (Å²) in [5.41, 5.74) is 0.416. The largest absolute Gasteiger partial charge is 0.433 e. The maximum atomic E-state index is 12.6. The van der Waals surface area contributed by atoms with Crippen molar-refractivity contribution in [1.29, 1.82) is 0 Å². The summed E-state index contributed by atoms with van der Waals surface area (Å²) in [7, 11) is 0. The second-order valence-electron chi connectivity index (χ2n) is 3.94. The lowest BCUT2D eigenvalue weighted by Crippen LogP contribution is -2.12. The lowest BCUT2D eigenvalue weighted by atomic mass is 9.97. The topological polar surface area (TPSA) is 12.9 Å². The van der Waals surface area contributed by atoms with E-state index in [4.69, 9.17) is 0 Å².